The molecule has 0 aromatic carbocycles. The van der Waals surface area contributed by atoms with Crippen LogP contribution in [0.3, 0.4) is 0 Å². The van der Waals surface area contributed by atoms with E-state index in [4.69, 9.17) is 10.8 Å². The molecule has 1 unspecified atom stereocenters. The van der Waals surface area contributed by atoms with Crippen LogP contribution in [0.4, 0.5) is 0 Å². The number of aliphatic carboxylic acids is 1. The number of hydrogen-bond acceptors (Lipinski definition) is 2. The number of rotatable bonds is 3. The van der Waals surface area contributed by atoms with Crippen LogP contribution in [0.5, 0.6) is 0 Å². The van der Waals surface area contributed by atoms with Crippen molar-refractivity contribution in [2.24, 2.45) is 11.7 Å². The average Bonchev–Trinajstić information content (AvgIpc) is 1.63. The monoisotopic (exact) mass is 133 g/mol. The first-order chi connectivity index (χ1) is 4.04. The molecule has 0 bridgehead atoms. The molecule has 0 heterocycles. The molecule has 0 spiro atoms. The number of carboxylic acids is 1. The van der Waals surface area contributed by atoms with Gasteiger partial charge in [0.15, 0.2) is 0 Å². The van der Waals surface area contributed by atoms with Crippen LogP contribution in [0.25, 0.3) is 0 Å². The molecule has 3 nitrogen and oxygen atoms in total. The van der Waals surface area contributed by atoms with Gasteiger partial charge in [-0.1, -0.05) is 13.8 Å². The third-order valence-corrected chi connectivity index (χ3v) is 1.04. The molecule has 54 valence electrons. The van der Waals surface area contributed by atoms with Gasteiger partial charge in [0.25, 0.3) is 0 Å². The van der Waals surface area contributed by atoms with Crippen molar-refractivity contribution >= 4 is 5.97 Å². The molecule has 9 heavy (non-hydrogen) atoms. The fourth-order valence-corrected chi connectivity index (χ4v) is 0.609. The van der Waals surface area contributed by atoms with Crippen molar-refractivity contribution in [3.8, 4) is 0 Å². The lowest BCUT2D eigenvalue weighted by Gasteiger charge is -2.07. The topological polar surface area (TPSA) is 63.3 Å². The Hall–Kier alpha value is -0.570. The Balaban J connectivity index is 3.50. The minimum atomic E-state index is -0.913. The first-order valence-corrected chi connectivity index (χ1v) is 3.02. The van der Waals surface area contributed by atoms with Crippen molar-refractivity contribution in [1.82, 2.24) is 0 Å². The van der Waals surface area contributed by atoms with E-state index in [2.05, 4.69) is 0 Å². The van der Waals surface area contributed by atoms with Crippen molar-refractivity contribution in [2.75, 3.05) is 0 Å². The second kappa shape index (κ2) is 3.45. The summed E-state index contributed by atoms with van der Waals surface area (Å²) in [6.07, 6.45) is 0.551. The standard InChI is InChI=1S/C6H13NO2/c1-4(2)3-5(7)6(8)9/h4-5H,3,7H2,1-2H3,(H,8,9)/t5-/m0/s1/i1+1,5+1/t4?,5-. The summed E-state index contributed by atoms with van der Waals surface area (Å²) in [5.74, 6) is -0.556. The SMILES string of the molecule is CC([13CH3])C[13C@H](N)C(=O)O. The fourth-order valence-electron chi connectivity index (χ4n) is 0.609. The lowest BCUT2D eigenvalue weighted by molar-refractivity contribution is -0.138. The maximum atomic E-state index is 10.1. The Morgan fingerprint density at radius 3 is 2.22 bits per heavy atom. The van der Waals surface area contributed by atoms with E-state index in [-0.39, 0.29) is 0 Å². The molecule has 0 aliphatic heterocycles. The molecule has 0 saturated carbocycles. The summed E-state index contributed by atoms with van der Waals surface area (Å²) in [6, 6.07) is -0.690. The lowest BCUT2D eigenvalue weighted by atomic mass is 10.3. The molecule has 0 radical (unpaired) electrons. The highest BCUT2D eigenvalue weighted by atomic mass is 16.4. The van der Waals surface area contributed by atoms with Crippen molar-refractivity contribution in [1.29, 1.82) is 0 Å². The maximum Gasteiger partial charge on any atom is 0.320 e. The van der Waals surface area contributed by atoms with Gasteiger partial charge in [-0.25, -0.2) is 0 Å². The molecule has 3 heteroatoms. The summed E-state index contributed by atoms with van der Waals surface area (Å²) in [4.78, 5) is 10.1. The third kappa shape index (κ3) is 3.97. The zero-order valence-electron chi connectivity index (χ0n) is 5.79. The predicted molar refractivity (Wildman–Crippen MR) is 35.1 cm³/mol. The van der Waals surface area contributed by atoms with Gasteiger partial charge in [-0.3, -0.25) is 4.79 Å². The minimum absolute atomic E-state index is 0.357. The molecule has 3 N–H and O–H groups in total. The second-order valence-electron chi connectivity index (χ2n) is 2.57. The quantitative estimate of drug-likeness (QED) is 0.549. The fraction of sp³-hybridized carbons (Fsp3) is 0.833. The Morgan fingerprint density at radius 2 is 2.11 bits per heavy atom. The molecule has 0 aliphatic rings. The van der Waals surface area contributed by atoms with Crippen LogP contribution in [0.15, 0.2) is 0 Å². The average molecular weight is 133 g/mol. The van der Waals surface area contributed by atoms with E-state index in [1.807, 2.05) is 13.8 Å². The summed E-state index contributed by atoms with van der Waals surface area (Å²) in [5.41, 5.74) is 5.22. The molecule has 0 saturated heterocycles. The molecule has 0 amide bonds. The molecule has 0 fully saturated rings. The van der Waals surface area contributed by atoms with Gasteiger partial charge in [0, 0.05) is 0 Å². The van der Waals surface area contributed by atoms with Crippen LogP contribution in [0.1, 0.15) is 20.3 Å². The van der Waals surface area contributed by atoms with Crippen molar-refractivity contribution in [3.63, 3.8) is 0 Å². The van der Waals surface area contributed by atoms with E-state index >= 15 is 0 Å². The molecule has 0 aromatic heterocycles. The summed E-state index contributed by atoms with van der Waals surface area (Å²) < 4.78 is 0. The Labute approximate surface area is 54.9 Å². The van der Waals surface area contributed by atoms with Gasteiger partial charge in [-0.2, -0.15) is 0 Å². The Kier molecular flexibility index (Phi) is 3.24. The zero-order chi connectivity index (χ0) is 7.44. The van der Waals surface area contributed by atoms with Crippen LogP contribution < -0.4 is 5.73 Å². The van der Waals surface area contributed by atoms with E-state index in [9.17, 15) is 4.79 Å². The van der Waals surface area contributed by atoms with Crippen LogP contribution >= 0.6 is 0 Å². The van der Waals surface area contributed by atoms with E-state index in [1.54, 1.807) is 0 Å². The van der Waals surface area contributed by atoms with Crippen LogP contribution in [-0.4, -0.2) is 17.1 Å². The van der Waals surface area contributed by atoms with E-state index < -0.39 is 12.0 Å². The van der Waals surface area contributed by atoms with Gasteiger partial charge in [0.05, 0.1) is 0 Å². The highest BCUT2D eigenvalue weighted by Crippen LogP contribution is 2.01. The summed E-state index contributed by atoms with van der Waals surface area (Å²) >= 11 is 0. The first kappa shape index (κ1) is 8.43. The minimum Gasteiger partial charge on any atom is -0.480 e. The Morgan fingerprint density at radius 1 is 1.67 bits per heavy atom. The summed E-state index contributed by atoms with van der Waals surface area (Å²) in [7, 11) is 0. The smallest absolute Gasteiger partial charge is 0.320 e. The van der Waals surface area contributed by atoms with Gasteiger partial charge >= 0.3 is 5.97 Å². The number of hydrogen-bond donors (Lipinski definition) is 2. The van der Waals surface area contributed by atoms with E-state index in [1.165, 1.54) is 0 Å². The van der Waals surface area contributed by atoms with Crippen LogP contribution in [0, 0.1) is 5.92 Å². The van der Waals surface area contributed by atoms with Gasteiger partial charge in [-0.05, 0) is 12.3 Å². The molecule has 2 atom stereocenters. The highest BCUT2D eigenvalue weighted by Gasteiger charge is 2.11. The van der Waals surface area contributed by atoms with Crippen molar-refractivity contribution < 1.29 is 9.90 Å². The maximum absolute atomic E-state index is 10.1. The number of carbonyl (C=O) groups is 1. The van der Waals surface area contributed by atoms with Gasteiger partial charge in [-0.15, -0.1) is 0 Å². The summed E-state index contributed by atoms with van der Waals surface area (Å²) in [6.45, 7) is 3.89. The third-order valence-electron chi connectivity index (χ3n) is 1.04. The van der Waals surface area contributed by atoms with E-state index in [0.29, 0.717) is 12.3 Å². The summed E-state index contributed by atoms with van der Waals surface area (Å²) in [5, 5.41) is 8.31. The van der Waals surface area contributed by atoms with Crippen LogP contribution in [-0.2, 0) is 4.79 Å². The van der Waals surface area contributed by atoms with Crippen molar-refractivity contribution in [2.45, 2.75) is 26.3 Å². The number of nitrogens with two attached hydrogens (primary N) is 1. The molecular formula is C6H13NO2. The zero-order valence-corrected chi connectivity index (χ0v) is 5.79. The first-order valence-electron chi connectivity index (χ1n) is 3.02. The normalized spacial score (nSPS) is 16.8. The van der Waals surface area contributed by atoms with Gasteiger partial charge < -0.3 is 10.8 Å². The van der Waals surface area contributed by atoms with Crippen molar-refractivity contribution in [3.05, 3.63) is 0 Å². The predicted octanol–water partition coefficient (Wildman–Crippen LogP) is 0.444. The molecule has 0 aliphatic carbocycles. The largest absolute Gasteiger partial charge is 0.480 e. The molecular weight excluding hydrogens is 120 g/mol. The highest BCUT2D eigenvalue weighted by molar-refractivity contribution is 5.72. The number of carboxylic acid groups (broad SMARTS) is 1. The van der Waals surface area contributed by atoms with Gasteiger partial charge in [0.2, 0.25) is 0 Å². The molecule has 0 aromatic rings. The Bertz CT molecular complexity index is 101. The second-order valence-corrected chi connectivity index (χ2v) is 2.57. The lowest BCUT2D eigenvalue weighted by Crippen LogP contribution is -2.31. The molecule has 0 rings (SSSR count). The van der Waals surface area contributed by atoms with Crippen LogP contribution in [0.2, 0.25) is 0 Å². The van der Waals surface area contributed by atoms with E-state index in [0.717, 1.165) is 0 Å². The van der Waals surface area contributed by atoms with Gasteiger partial charge in [0.1, 0.15) is 6.04 Å².